The molecule has 0 spiro atoms. The summed E-state index contributed by atoms with van der Waals surface area (Å²) < 4.78 is 5.96. The second-order valence-corrected chi connectivity index (χ2v) is 7.12. The molecule has 0 atom stereocenters. The van der Waals surface area contributed by atoms with Gasteiger partial charge in [0.05, 0.1) is 0 Å². The highest BCUT2D eigenvalue weighted by Crippen LogP contribution is 2.38. The maximum atomic E-state index is 12.2. The van der Waals surface area contributed by atoms with Crippen molar-refractivity contribution in [1.29, 1.82) is 0 Å². The van der Waals surface area contributed by atoms with Gasteiger partial charge in [-0.2, -0.15) is 10.2 Å². The van der Waals surface area contributed by atoms with Gasteiger partial charge in [-0.3, -0.25) is 4.79 Å². The third-order valence-corrected chi connectivity index (χ3v) is 4.53. The third kappa shape index (κ3) is 3.94. The molecule has 0 bridgehead atoms. The number of carbonyl (C=O) groups excluding carboxylic acids is 1. The van der Waals surface area contributed by atoms with Crippen LogP contribution < -0.4 is 10.1 Å². The van der Waals surface area contributed by atoms with E-state index < -0.39 is 5.66 Å². The van der Waals surface area contributed by atoms with Crippen LogP contribution in [0.4, 0.5) is 5.69 Å². The number of rotatable bonds is 6. The fraction of sp³-hybridized carbons (Fsp3) is 0.526. The Balaban J connectivity index is 1.53. The molecule has 126 valence electrons. The number of benzene rings is 1. The number of hydrogen-bond acceptors (Lipinski definition) is 4. The van der Waals surface area contributed by atoms with Crippen molar-refractivity contribution in [2.75, 3.05) is 5.32 Å². The Labute approximate surface area is 142 Å². The lowest BCUT2D eigenvalue weighted by molar-refractivity contribution is -0.116. The predicted molar refractivity (Wildman–Crippen MR) is 93.0 cm³/mol. The number of nitrogens with zero attached hydrogens (tertiary/aromatic N) is 2. The zero-order chi connectivity index (χ0) is 17.2. The van der Waals surface area contributed by atoms with Gasteiger partial charge in [0.25, 0.3) is 0 Å². The van der Waals surface area contributed by atoms with Gasteiger partial charge in [0.1, 0.15) is 11.4 Å². The van der Waals surface area contributed by atoms with Gasteiger partial charge in [-0.1, -0.05) is 0 Å². The SMILES string of the molecule is C#CCCC1(CCC(=O)Nc2ccc3c(c2)CCC(C)(C)O3)N=N1. The number of carbonyl (C=O) groups is 1. The highest BCUT2D eigenvalue weighted by molar-refractivity contribution is 5.91. The zero-order valence-electron chi connectivity index (χ0n) is 14.3. The van der Waals surface area contributed by atoms with Gasteiger partial charge >= 0.3 is 0 Å². The normalized spacial score (nSPS) is 18.9. The maximum Gasteiger partial charge on any atom is 0.224 e. The molecule has 0 saturated heterocycles. The fourth-order valence-corrected chi connectivity index (χ4v) is 2.94. The van der Waals surface area contributed by atoms with E-state index in [2.05, 4.69) is 35.3 Å². The summed E-state index contributed by atoms with van der Waals surface area (Å²) in [6.07, 6.45) is 9.56. The molecule has 1 aromatic carbocycles. The predicted octanol–water partition coefficient (Wildman–Crippen LogP) is 4.08. The minimum atomic E-state index is -0.404. The monoisotopic (exact) mass is 325 g/mol. The van der Waals surface area contributed by atoms with Crippen LogP contribution in [0.1, 0.15) is 51.5 Å². The van der Waals surface area contributed by atoms with Gasteiger partial charge in [-0.15, -0.1) is 12.3 Å². The van der Waals surface area contributed by atoms with Crippen LogP contribution in [-0.2, 0) is 11.2 Å². The number of ether oxygens (including phenoxy) is 1. The average molecular weight is 325 g/mol. The van der Waals surface area contributed by atoms with Gasteiger partial charge in [0, 0.05) is 31.4 Å². The lowest BCUT2D eigenvalue weighted by Crippen LogP contribution is -2.32. The van der Waals surface area contributed by atoms with E-state index in [1.165, 1.54) is 0 Å². The largest absolute Gasteiger partial charge is 0.488 e. The van der Waals surface area contributed by atoms with E-state index in [-0.39, 0.29) is 11.5 Å². The van der Waals surface area contributed by atoms with Gasteiger partial charge in [-0.25, -0.2) is 0 Å². The summed E-state index contributed by atoms with van der Waals surface area (Å²) in [5, 5.41) is 11.1. The molecule has 2 heterocycles. The molecule has 0 aromatic heterocycles. The van der Waals surface area contributed by atoms with Crippen molar-refractivity contribution >= 4 is 11.6 Å². The van der Waals surface area contributed by atoms with Crippen LogP contribution in [0.25, 0.3) is 0 Å². The highest BCUT2D eigenvalue weighted by atomic mass is 16.5. The van der Waals surface area contributed by atoms with E-state index in [1.54, 1.807) is 0 Å². The second kappa shape index (κ2) is 6.27. The van der Waals surface area contributed by atoms with E-state index in [0.29, 0.717) is 19.3 Å². The highest BCUT2D eigenvalue weighted by Gasteiger charge is 2.39. The van der Waals surface area contributed by atoms with Crippen molar-refractivity contribution < 1.29 is 9.53 Å². The van der Waals surface area contributed by atoms with Crippen molar-refractivity contribution in [3.63, 3.8) is 0 Å². The van der Waals surface area contributed by atoms with Gasteiger partial charge in [-0.05, 0) is 50.5 Å². The quantitative estimate of drug-likeness (QED) is 0.801. The van der Waals surface area contributed by atoms with Gasteiger partial charge in [0.2, 0.25) is 5.91 Å². The number of amides is 1. The summed E-state index contributed by atoms with van der Waals surface area (Å²) in [6, 6.07) is 5.83. The number of hydrogen-bond donors (Lipinski definition) is 1. The molecule has 2 aliphatic heterocycles. The fourth-order valence-electron chi connectivity index (χ4n) is 2.94. The van der Waals surface area contributed by atoms with E-state index in [9.17, 15) is 4.79 Å². The maximum absolute atomic E-state index is 12.2. The second-order valence-electron chi connectivity index (χ2n) is 7.12. The van der Waals surface area contributed by atoms with E-state index in [1.807, 2.05) is 18.2 Å². The molecular formula is C19H23N3O2. The molecule has 1 N–H and O–H groups in total. The zero-order valence-corrected chi connectivity index (χ0v) is 14.3. The molecule has 0 unspecified atom stereocenters. The van der Waals surface area contributed by atoms with Gasteiger partial charge < -0.3 is 10.1 Å². The number of fused-ring (bicyclic) bond motifs is 1. The van der Waals surface area contributed by atoms with Crippen LogP contribution in [0.15, 0.2) is 28.4 Å². The molecule has 2 aliphatic rings. The topological polar surface area (TPSA) is 63.0 Å². The molecule has 0 fully saturated rings. The van der Waals surface area contributed by atoms with Crippen molar-refractivity contribution in [2.24, 2.45) is 10.2 Å². The van der Waals surface area contributed by atoms with E-state index in [4.69, 9.17) is 11.2 Å². The van der Waals surface area contributed by atoms with E-state index in [0.717, 1.165) is 36.3 Å². The molecule has 0 radical (unpaired) electrons. The van der Waals surface area contributed by atoms with Gasteiger partial charge in [0.15, 0.2) is 5.66 Å². The Hall–Kier alpha value is -2.35. The Kier molecular flexibility index (Phi) is 4.31. The summed E-state index contributed by atoms with van der Waals surface area (Å²) in [7, 11) is 0. The van der Waals surface area contributed by atoms with Crippen LogP contribution in [0.3, 0.4) is 0 Å². The summed E-state index contributed by atoms with van der Waals surface area (Å²) >= 11 is 0. The smallest absolute Gasteiger partial charge is 0.224 e. The number of aryl methyl sites for hydroxylation is 1. The third-order valence-electron chi connectivity index (χ3n) is 4.53. The number of anilines is 1. The molecular weight excluding hydrogens is 302 g/mol. The minimum absolute atomic E-state index is 0.0237. The molecule has 0 aliphatic carbocycles. The first-order valence-electron chi connectivity index (χ1n) is 8.41. The van der Waals surface area contributed by atoms with Crippen LogP contribution in [-0.4, -0.2) is 17.2 Å². The van der Waals surface area contributed by atoms with Crippen LogP contribution in [0, 0.1) is 12.3 Å². The first kappa shape index (κ1) is 16.5. The summed E-state index contributed by atoms with van der Waals surface area (Å²) in [6.45, 7) is 4.19. The lowest BCUT2D eigenvalue weighted by Gasteiger charge is -2.32. The Morgan fingerprint density at radius 3 is 2.88 bits per heavy atom. The average Bonchev–Trinajstić information content (AvgIpc) is 3.31. The van der Waals surface area contributed by atoms with Crippen molar-refractivity contribution in [1.82, 2.24) is 0 Å². The summed E-state index contributed by atoms with van der Waals surface area (Å²) in [5.41, 5.74) is 1.43. The lowest BCUT2D eigenvalue weighted by atomic mass is 9.94. The number of terminal acetylenes is 1. The minimum Gasteiger partial charge on any atom is -0.488 e. The van der Waals surface area contributed by atoms with Crippen LogP contribution in [0.5, 0.6) is 5.75 Å². The summed E-state index contributed by atoms with van der Waals surface area (Å²) in [4.78, 5) is 12.2. The first-order valence-corrected chi connectivity index (χ1v) is 8.41. The Morgan fingerprint density at radius 2 is 2.17 bits per heavy atom. The molecule has 0 saturated carbocycles. The van der Waals surface area contributed by atoms with Crippen LogP contribution >= 0.6 is 0 Å². The summed E-state index contributed by atoms with van der Waals surface area (Å²) in [5.74, 6) is 3.48. The van der Waals surface area contributed by atoms with Crippen molar-refractivity contribution in [2.45, 2.75) is 63.6 Å². The molecule has 5 heteroatoms. The van der Waals surface area contributed by atoms with Crippen LogP contribution in [0.2, 0.25) is 0 Å². The van der Waals surface area contributed by atoms with Crippen molar-refractivity contribution in [3.8, 4) is 18.1 Å². The standard InChI is InChI=1S/C19H23N3O2/c1-4-5-10-19(21-22-19)12-9-17(23)20-15-6-7-16-14(13-15)8-11-18(2,3)24-16/h1,6-7,13H,5,8-12H2,2-3H3,(H,20,23). The molecule has 5 nitrogen and oxygen atoms in total. The molecule has 3 rings (SSSR count). The Bertz CT molecular complexity index is 710. The first-order chi connectivity index (χ1) is 11.4. The van der Waals surface area contributed by atoms with E-state index >= 15 is 0 Å². The Morgan fingerprint density at radius 1 is 1.38 bits per heavy atom. The molecule has 1 aromatic rings. The molecule has 24 heavy (non-hydrogen) atoms. The molecule has 1 amide bonds. The van der Waals surface area contributed by atoms with Crippen molar-refractivity contribution in [3.05, 3.63) is 23.8 Å². The number of nitrogens with one attached hydrogen (secondary N) is 1.